The summed E-state index contributed by atoms with van der Waals surface area (Å²) in [7, 11) is 0. The Morgan fingerprint density at radius 1 is 1.28 bits per heavy atom. The van der Waals surface area contributed by atoms with Crippen molar-refractivity contribution in [3.63, 3.8) is 0 Å². The number of fused-ring (bicyclic) bond motifs is 1. The average molecular weight is 400 g/mol. The molecule has 0 radical (unpaired) electrons. The first-order valence-electron chi connectivity index (χ1n) is 9.93. The van der Waals surface area contributed by atoms with Crippen LogP contribution >= 0.6 is 0 Å². The molecule has 1 aliphatic carbocycles. The van der Waals surface area contributed by atoms with Gasteiger partial charge in [-0.25, -0.2) is 0 Å². The number of carbonyl (C=O) groups excluding carboxylic acids is 2. The summed E-state index contributed by atoms with van der Waals surface area (Å²) in [6.45, 7) is 4.33. The van der Waals surface area contributed by atoms with Crippen LogP contribution in [0.3, 0.4) is 0 Å². The Kier molecular flexibility index (Phi) is 6.52. The molecule has 0 spiro atoms. The fraction of sp³-hybridized carbons (Fsp3) is 0.455. The Bertz CT molecular complexity index is 888. The molecule has 4 N–H and O–H groups in total. The second kappa shape index (κ2) is 8.90. The highest BCUT2D eigenvalue weighted by Crippen LogP contribution is 2.41. The summed E-state index contributed by atoms with van der Waals surface area (Å²) in [6.07, 6.45) is -0.197. The number of rotatable bonds is 8. The number of Topliss-reactive ketones (excluding diaryl/α,β-unsaturated/α-hetero) is 1. The van der Waals surface area contributed by atoms with Crippen LogP contribution in [-0.2, 0) is 28.9 Å². The number of hydrogen-bond acceptors (Lipinski definition) is 5. The predicted octanol–water partition coefficient (Wildman–Crippen LogP) is 1.72. The molecule has 0 fully saturated rings. The molecule has 1 heterocycles. The van der Waals surface area contributed by atoms with Gasteiger partial charge in [0.05, 0.1) is 18.3 Å². The number of carbonyl (C=O) groups is 2. The standard InChI is InChI=1S/C22H28N2O5/c1-3-15-20(21(27)22(23)28)19-16(24(15)11-14-7-5-4-6-8-14)9-13(2)10-17(19)29-12-18(25)26/h4-8,13,17-18,25-26H,3,9-12H2,1-2H3,(H2,23,28). The highest BCUT2D eigenvalue weighted by Gasteiger charge is 2.37. The van der Waals surface area contributed by atoms with Crippen molar-refractivity contribution in [3.8, 4) is 0 Å². The molecule has 1 aromatic heterocycles. The molecule has 156 valence electrons. The third-order valence-electron chi connectivity index (χ3n) is 5.42. The van der Waals surface area contributed by atoms with Crippen LogP contribution in [0.25, 0.3) is 0 Å². The van der Waals surface area contributed by atoms with E-state index in [1.165, 1.54) is 0 Å². The third kappa shape index (κ3) is 4.42. The van der Waals surface area contributed by atoms with E-state index in [0.717, 1.165) is 23.4 Å². The molecule has 0 bridgehead atoms. The molecule has 7 nitrogen and oxygen atoms in total. The molecule has 0 aliphatic heterocycles. The molecule has 7 heteroatoms. The van der Waals surface area contributed by atoms with Gasteiger partial charge in [0, 0.05) is 23.5 Å². The minimum atomic E-state index is -1.61. The second-order valence-corrected chi connectivity index (χ2v) is 7.65. The van der Waals surface area contributed by atoms with Gasteiger partial charge < -0.3 is 25.3 Å². The summed E-state index contributed by atoms with van der Waals surface area (Å²) < 4.78 is 7.86. The Hall–Kier alpha value is -2.48. The molecule has 3 rings (SSSR count). The molecule has 29 heavy (non-hydrogen) atoms. The van der Waals surface area contributed by atoms with Crippen molar-refractivity contribution < 1.29 is 24.5 Å². The van der Waals surface area contributed by atoms with Gasteiger partial charge >= 0.3 is 0 Å². The number of aliphatic hydroxyl groups excluding tert-OH is 1. The van der Waals surface area contributed by atoms with E-state index in [4.69, 9.17) is 10.5 Å². The van der Waals surface area contributed by atoms with E-state index in [1.54, 1.807) is 0 Å². The number of aliphatic hydroxyl groups is 2. The SMILES string of the molecule is CCc1c(C(=O)C(N)=O)c2c(n1Cc1ccccc1)CC(C)CC2OCC(O)O. The molecule has 0 saturated heterocycles. The van der Waals surface area contributed by atoms with Gasteiger partial charge in [-0.3, -0.25) is 9.59 Å². The van der Waals surface area contributed by atoms with Crippen LogP contribution in [-0.4, -0.2) is 39.4 Å². The van der Waals surface area contributed by atoms with Crippen molar-refractivity contribution in [2.45, 2.75) is 52.0 Å². The summed E-state index contributed by atoms with van der Waals surface area (Å²) in [5.74, 6) is -1.45. The fourth-order valence-electron chi connectivity index (χ4n) is 4.26. The lowest BCUT2D eigenvalue weighted by Gasteiger charge is -2.29. The predicted molar refractivity (Wildman–Crippen MR) is 107 cm³/mol. The maximum absolute atomic E-state index is 12.8. The summed E-state index contributed by atoms with van der Waals surface area (Å²) >= 11 is 0. The van der Waals surface area contributed by atoms with Gasteiger partial charge in [-0.2, -0.15) is 0 Å². The van der Waals surface area contributed by atoms with Crippen LogP contribution in [0.5, 0.6) is 0 Å². The molecule has 2 unspecified atom stereocenters. The first kappa shape index (κ1) is 21.2. The minimum absolute atomic E-state index is 0.271. The summed E-state index contributed by atoms with van der Waals surface area (Å²) in [5, 5.41) is 18.5. The van der Waals surface area contributed by atoms with Crippen molar-refractivity contribution in [3.05, 3.63) is 58.4 Å². The number of aromatic nitrogens is 1. The molecule has 1 amide bonds. The van der Waals surface area contributed by atoms with Gasteiger partial charge in [-0.05, 0) is 30.7 Å². The van der Waals surface area contributed by atoms with Gasteiger partial charge in [0.25, 0.3) is 11.7 Å². The van der Waals surface area contributed by atoms with Crippen LogP contribution < -0.4 is 5.73 Å². The fourth-order valence-corrected chi connectivity index (χ4v) is 4.26. The minimum Gasteiger partial charge on any atom is -0.368 e. The van der Waals surface area contributed by atoms with Crippen molar-refractivity contribution in [1.29, 1.82) is 0 Å². The lowest BCUT2D eigenvalue weighted by Crippen LogP contribution is -2.28. The average Bonchev–Trinajstić information content (AvgIpc) is 2.99. The first-order valence-corrected chi connectivity index (χ1v) is 9.93. The molecule has 2 aromatic rings. The van der Waals surface area contributed by atoms with Crippen LogP contribution in [0, 0.1) is 5.92 Å². The Balaban J connectivity index is 2.17. The number of primary amides is 1. The molecule has 0 saturated carbocycles. The largest absolute Gasteiger partial charge is 0.368 e. The smallest absolute Gasteiger partial charge is 0.289 e. The highest BCUT2D eigenvalue weighted by atomic mass is 16.5. The van der Waals surface area contributed by atoms with E-state index in [9.17, 15) is 19.8 Å². The topological polar surface area (TPSA) is 115 Å². The maximum Gasteiger partial charge on any atom is 0.289 e. The second-order valence-electron chi connectivity index (χ2n) is 7.65. The Morgan fingerprint density at radius 3 is 2.55 bits per heavy atom. The van der Waals surface area contributed by atoms with Crippen molar-refractivity contribution in [1.82, 2.24) is 4.57 Å². The molecule has 2 atom stereocenters. The van der Waals surface area contributed by atoms with Crippen molar-refractivity contribution >= 4 is 11.7 Å². The number of amides is 1. The van der Waals surface area contributed by atoms with E-state index >= 15 is 0 Å². The number of hydrogen-bond donors (Lipinski definition) is 3. The molecule has 1 aliphatic rings. The van der Waals surface area contributed by atoms with Crippen LogP contribution in [0.15, 0.2) is 30.3 Å². The Morgan fingerprint density at radius 2 is 1.97 bits per heavy atom. The lowest BCUT2D eigenvalue weighted by atomic mass is 9.84. The normalized spacial score (nSPS) is 18.7. The summed E-state index contributed by atoms with van der Waals surface area (Å²) in [4.78, 5) is 24.6. The first-order chi connectivity index (χ1) is 13.8. The van der Waals surface area contributed by atoms with Gasteiger partial charge in [0.15, 0.2) is 6.29 Å². The van der Waals surface area contributed by atoms with E-state index in [-0.39, 0.29) is 12.5 Å². The molecular formula is C22H28N2O5. The van der Waals surface area contributed by atoms with E-state index in [1.807, 2.05) is 37.3 Å². The van der Waals surface area contributed by atoms with Crippen molar-refractivity contribution in [2.24, 2.45) is 11.7 Å². The zero-order chi connectivity index (χ0) is 21.1. The quantitative estimate of drug-likeness (QED) is 0.355. The Labute approximate surface area is 170 Å². The van der Waals surface area contributed by atoms with Gasteiger partial charge in [0.2, 0.25) is 0 Å². The monoisotopic (exact) mass is 400 g/mol. The van der Waals surface area contributed by atoms with Crippen LogP contribution in [0.2, 0.25) is 0 Å². The van der Waals surface area contributed by atoms with E-state index in [2.05, 4.69) is 11.5 Å². The summed E-state index contributed by atoms with van der Waals surface area (Å²) in [6, 6.07) is 9.91. The summed E-state index contributed by atoms with van der Waals surface area (Å²) in [5.41, 5.74) is 9.14. The number of ether oxygens (including phenoxy) is 1. The number of nitrogens with zero attached hydrogens (tertiary/aromatic N) is 1. The maximum atomic E-state index is 12.8. The van der Waals surface area contributed by atoms with Gasteiger partial charge in [-0.15, -0.1) is 0 Å². The van der Waals surface area contributed by atoms with Crippen LogP contribution in [0.1, 0.15) is 59.2 Å². The molecule has 1 aromatic carbocycles. The van der Waals surface area contributed by atoms with Gasteiger partial charge in [0.1, 0.15) is 0 Å². The zero-order valence-corrected chi connectivity index (χ0v) is 16.8. The number of nitrogens with two attached hydrogens (primary N) is 1. The number of ketones is 1. The van der Waals surface area contributed by atoms with E-state index < -0.39 is 24.1 Å². The van der Waals surface area contributed by atoms with E-state index in [0.29, 0.717) is 30.5 Å². The number of benzene rings is 1. The highest BCUT2D eigenvalue weighted by molar-refractivity contribution is 6.43. The molecular weight excluding hydrogens is 372 g/mol. The van der Waals surface area contributed by atoms with Crippen molar-refractivity contribution in [2.75, 3.05) is 6.61 Å². The van der Waals surface area contributed by atoms with Crippen LogP contribution in [0.4, 0.5) is 0 Å². The lowest BCUT2D eigenvalue weighted by molar-refractivity contribution is -0.117. The third-order valence-corrected chi connectivity index (χ3v) is 5.42. The zero-order valence-electron chi connectivity index (χ0n) is 16.8. The van der Waals surface area contributed by atoms with Gasteiger partial charge in [-0.1, -0.05) is 44.2 Å².